The summed E-state index contributed by atoms with van der Waals surface area (Å²) in [7, 11) is 0. The average molecular weight is 515 g/mol. The Morgan fingerprint density at radius 3 is 2.43 bits per heavy atom. The number of esters is 3. The minimum Gasteiger partial charge on any atom is -0.470 e. The van der Waals surface area contributed by atoms with Crippen molar-refractivity contribution in [1.82, 2.24) is 14.1 Å². The lowest BCUT2D eigenvalue weighted by atomic mass is 10.1. The van der Waals surface area contributed by atoms with Gasteiger partial charge >= 0.3 is 17.9 Å². The van der Waals surface area contributed by atoms with Crippen molar-refractivity contribution in [2.75, 3.05) is 51.0 Å². The summed E-state index contributed by atoms with van der Waals surface area (Å²) in [6.45, 7) is 12.0. The molecular weight excluding hydrogens is 480 g/mol. The van der Waals surface area contributed by atoms with Crippen LogP contribution in [0.2, 0.25) is 0 Å². The SMILES string of the molecule is CCOC(=O)C(C)OC(=O)/C=C/C(=O)O[C@@H](CNC(C)(C)C)COc1nsnc1N1CCOCC1. The van der Waals surface area contributed by atoms with Gasteiger partial charge in [0.2, 0.25) is 5.82 Å². The second-order valence-corrected chi connectivity index (χ2v) is 9.19. The maximum atomic E-state index is 12.3. The van der Waals surface area contributed by atoms with Crippen molar-refractivity contribution < 1.29 is 38.1 Å². The lowest BCUT2D eigenvalue weighted by Crippen LogP contribution is -2.44. The number of hydrogen-bond acceptors (Lipinski definition) is 13. The number of carbonyl (C=O) groups excluding carboxylic acids is 3. The Morgan fingerprint density at radius 2 is 1.80 bits per heavy atom. The molecule has 1 aromatic rings. The fourth-order valence-corrected chi connectivity index (χ4v) is 3.34. The Bertz CT molecular complexity index is 864. The van der Waals surface area contributed by atoms with Gasteiger partial charge in [0, 0.05) is 37.3 Å². The number of rotatable bonds is 12. The summed E-state index contributed by atoms with van der Waals surface area (Å²) in [5.41, 5.74) is -0.227. The molecule has 0 radical (unpaired) electrons. The molecule has 0 amide bonds. The third-order valence-corrected chi connectivity index (χ3v) is 5.07. The van der Waals surface area contributed by atoms with E-state index in [4.69, 9.17) is 23.7 Å². The molecule has 1 unspecified atom stereocenters. The lowest BCUT2D eigenvalue weighted by Gasteiger charge is -2.27. The maximum absolute atomic E-state index is 12.3. The van der Waals surface area contributed by atoms with Crippen LogP contribution in [0.4, 0.5) is 5.82 Å². The monoisotopic (exact) mass is 514 g/mol. The van der Waals surface area contributed by atoms with Crippen molar-refractivity contribution in [1.29, 1.82) is 0 Å². The van der Waals surface area contributed by atoms with Gasteiger partial charge in [-0.25, -0.2) is 14.4 Å². The second-order valence-electron chi connectivity index (χ2n) is 8.66. The number of nitrogens with zero attached hydrogens (tertiary/aromatic N) is 3. The van der Waals surface area contributed by atoms with Crippen molar-refractivity contribution in [3.8, 4) is 5.88 Å². The highest BCUT2D eigenvalue weighted by Crippen LogP contribution is 2.26. The maximum Gasteiger partial charge on any atom is 0.347 e. The molecule has 1 aliphatic rings. The van der Waals surface area contributed by atoms with E-state index >= 15 is 0 Å². The molecule has 196 valence electrons. The Balaban J connectivity index is 1.94. The van der Waals surface area contributed by atoms with Crippen molar-refractivity contribution in [2.45, 2.75) is 52.4 Å². The van der Waals surface area contributed by atoms with Gasteiger partial charge < -0.3 is 33.9 Å². The van der Waals surface area contributed by atoms with Gasteiger partial charge in [0.1, 0.15) is 12.7 Å². The fourth-order valence-electron chi connectivity index (χ4n) is 2.82. The predicted molar refractivity (Wildman–Crippen MR) is 127 cm³/mol. The summed E-state index contributed by atoms with van der Waals surface area (Å²) in [5, 5.41) is 3.27. The average Bonchev–Trinajstić information content (AvgIpc) is 3.28. The van der Waals surface area contributed by atoms with Gasteiger partial charge in [-0.05, 0) is 34.6 Å². The molecule has 0 bridgehead atoms. The van der Waals surface area contributed by atoms with Crippen molar-refractivity contribution in [3.63, 3.8) is 0 Å². The van der Waals surface area contributed by atoms with Crippen LogP contribution in [0.5, 0.6) is 5.88 Å². The van der Waals surface area contributed by atoms with Crippen LogP contribution < -0.4 is 15.0 Å². The first-order valence-electron chi connectivity index (χ1n) is 11.4. The van der Waals surface area contributed by atoms with Gasteiger partial charge in [0.05, 0.1) is 31.5 Å². The molecule has 1 saturated heterocycles. The molecule has 12 nitrogen and oxygen atoms in total. The minimum absolute atomic E-state index is 0.0236. The number of carbonyl (C=O) groups is 3. The van der Waals surface area contributed by atoms with Crippen LogP contribution in [0.1, 0.15) is 34.6 Å². The lowest BCUT2D eigenvalue weighted by molar-refractivity contribution is -0.163. The zero-order valence-electron chi connectivity index (χ0n) is 20.8. The highest BCUT2D eigenvalue weighted by atomic mass is 32.1. The smallest absolute Gasteiger partial charge is 0.347 e. The van der Waals surface area contributed by atoms with Gasteiger partial charge in [0.15, 0.2) is 6.10 Å². The molecule has 0 spiro atoms. The molecule has 2 rings (SSSR count). The number of nitrogens with one attached hydrogen (secondary N) is 1. The summed E-state index contributed by atoms with van der Waals surface area (Å²) in [4.78, 5) is 37.8. The Hall–Kier alpha value is -2.77. The van der Waals surface area contributed by atoms with Crippen LogP contribution in [0, 0.1) is 0 Å². The first kappa shape index (κ1) is 28.5. The van der Waals surface area contributed by atoms with Crippen LogP contribution in [0.15, 0.2) is 12.2 Å². The molecule has 0 aliphatic carbocycles. The van der Waals surface area contributed by atoms with Gasteiger partial charge in [-0.1, -0.05) is 0 Å². The quantitative estimate of drug-likeness (QED) is 0.243. The molecule has 1 fully saturated rings. The van der Waals surface area contributed by atoms with E-state index in [9.17, 15) is 14.4 Å². The van der Waals surface area contributed by atoms with E-state index in [0.717, 1.165) is 23.9 Å². The Morgan fingerprint density at radius 1 is 1.14 bits per heavy atom. The highest BCUT2D eigenvalue weighted by molar-refractivity contribution is 6.99. The van der Waals surface area contributed by atoms with E-state index in [1.165, 1.54) is 6.92 Å². The first-order chi connectivity index (χ1) is 16.6. The summed E-state index contributed by atoms with van der Waals surface area (Å²) in [6, 6.07) is 0. The van der Waals surface area contributed by atoms with E-state index in [1.807, 2.05) is 25.7 Å². The molecule has 1 N–H and O–H groups in total. The molecule has 1 aromatic heterocycles. The van der Waals surface area contributed by atoms with Crippen LogP contribution in [0.25, 0.3) is 0 Å². The molecule has 13 heteroatoms. The van der Waals surface area contributed by atoms with Gasteiger partial charge in [-0.3, -0.25) is 0 Å². The normalized spacial score (nSPS) is 16.0. The van der Waals surface area contributed by atoms with E-state index in [0.29, 0.717) is 44.5 Å². The molecule has 35 heavy (non-hydrogen) atoms. The van der Waals surface area contributed by atoms with E-state index in [-0.39, 0.29) is 18.8 Å². The Labute approximate surface area is 209 Å². The Kier molecular flexibility index (Phi) is 11.3. The topological polar surface area (TPSA) is 138 Å². The van der Waals surface area contributed by atoms with E-state index in [1.54, 1.807) is 6.92 Å². The third-order valence-electron chi connectivity index (χ3n) is 4.57. The van der Waals surface area contributed by atoms with Crippen LogP contribution >= 0.6 is 11.7 Å². The standard InChI is InChI=1S/C22H34N4O8S/c1-6-31-21(29)15(2)33-17(27)7-8-18(28)34-16(13-23-22(3,4)5)14-32-20-19(24-35-25-20)26-9-11-30-12-10-26/h7-8,15-16,23H,6,9-14H2,1-5H3/b8-7+/t15?,16-/m0/s1. The summed E-state index contributed by atoms with van der Waals surface area (Å²) in [6.07, 6.45) is 0.0646. The van der Waals surface area contributed by atoms with Crippen LogP contribution in [-0.2, 0) is 33.3 Å². The minimum atomic E-state index is -1.09. The zero-order valence-corrected chi connectivity index (χ0v) is 21.6. The number of aromatic nitrogens is 2. The fraction of sp³-hybridized carbons (Fsp3) is 0.682. The van der Waals surface area contributed by atoms with E-state index in [2.05, 4.69) is 14.1 Å². The third kappa shape index (κ3) is 10.6. The number of ether oxygens (including phenoxy) is 5. The van der Waals surface area contributed by atoms with Crippen LogP contribution in [-0.4, -0.2) is 90.5 Å². The van der Waals surface area contributed by atoms with Gasteiger partial charge in [-0.2, -0.15) is 4.37 Å². The second kappa shape index (κ2) is 14.0. The van der Waals surface area contributed by atoms with Gasteiger partial charge in [0.25, 0.3) is 5.88 Å². The highest BCUT2D eigenvalue weighted by Gasteiger charge is 2.23. The van der Waals surface area contributed by atoms with Gasteiger partial charge in [-0.15, -0.1) is 4.37 Å². The number of hydrogen-bond donors (Lipinski definition) is 1. The summed E-state index contributed by atoms with van der Waals surface area (Å²) in [5.74, 6) is -1.31. The molecule has 1 aliphatic heterocycles. The molecule has 2 atom stereocenters. The zero-order chi connectivity index (χ0) is 25.8. The number of morpholine rings is 1. The van der Waals surface area contributed by atoms with Crippen LogP contribution in [0.3, 0.4) is 0 Å². The van der Waals surface area contributed by atoms with E-state index < -0.39 is 30.1 Å². The number of anilines is 1. The molecule has 0 saturated carbocycles. The predicted octanol–water partition coefficient (Wildman–Crippen LogP) is 1.10. The summed E-state index contributed by atoms with van der Waals surface area (Å²) >= 11 is 1.04. The molecule has 2 heterocycles. The molecular formula is C22H34N4O8S. The van der Waals surface area contributed by atoms with Crippen molar-refractivity contribution in [3.05, 3.63) is 12.2 Å². The van der Waals surface area contributed by atoms with Crippen molar-refractivity contribution >= 4 is 35.5 Å². The largest absolute Gasteiger partial charge is 0.470 e. The molecule has 0 aromatic carbocycles. The first-order valence-corrected chi connectivity index (χ1v) is 12.1. The van der Waals surface area contributed by atoms with Crippen molar-refractivity contribution in [2.24, 2.45) is 0 Å². The summed E-state index contributed by atoms with van der Waals surface area (Å²) < 4.78 is 34.9.